The van der Waals surface area contributed by atoms with Gasteiger partial charge >= 0.3 is 0 Å². The monoisotopic (exact) mass is 228 g/mol. The van der Waals surface area contributed by atoms with Crippen LogP contribution in [0.2, 0.25) is 0 Å². The first-order valence-corrected chi connectivity index (χ1v) is 6.28. The normalized spacial score (nSPS) is 24.2. The fourth-order valence-corrected chi connectivity index (χ4v) is 2.42. The van der Waals surface area contributed by atoms with Gasteiger partial charge in [-0.25, -0.2) is 0 Å². The van der Waals surface area contributed by atoms with E-state index in [1.54, 1.807) is 0 Å². The minimum absolute atomic E-state index is 0.153. The number of hydrogen-bond acceptors (Lipinski definition) is 2. The lowest BCUT2D eigenvalue weighted by atomic mass is 9.74. The summed E-state index contributed by atoms with van der Waals surface area (Å²) in [6.07, 6.45) is 1.11. The molecule has 1 heterocycles. The van der Waals surface area contributed by atoms with Crippen LogP contribution < -0.4 is 0 Å². The number of rotatable bonds is 2. The molecule has 0 aliphatic carbocycles. The maximum absolute atomic E-state index is 9.23. The zero-order valence-electron chi connectivity index (χ0n) is 10.7. The molecule has 2 heteroatoms. The second kappa shape index (κ2) is 4.89. The molecule has 1 fully saturated rings. The molecule has 1 atom stereocenters. The zero-order valence-corrected chi connectivity index (χ0v) is 10.7. The molecule has 1 saturated heterocycles. The smallest absolute Gasteiger partial charge is 0.0674 e. The number of benzene rings is 1. The molecular formula is C15H20N2. The third-order valence-corrected chi connectivity index (χ3v) is 3.86. The van der Waals surface area contributed by atoms with Crippen molar-refractivity contribution in [2.24, 2.45) is 11.3 Å². The van der Waals surface area contributed by atoms with E-state index in [9.17, 15) is 5.26 Å². The number of nitrogens with zero attached hydrogens (tertiary/aromatic N) is 2. The summed E-state index contributed by atoms with van der Waals surface area (Å²) < 4.78 is 0. The Morgan fingerprint density at radius 2 is 2.06 bits per heavy atom. The molecule has 17 heavy (non-hydrogen) atoms. The van der Waals surface area contributed by atoms with Crippen molar-refractivity contribution in [3.8, 4) is 6.07 Å². The van der Waals surface area contributed by atoms with E-state index in [2.05, 4.69) is 49.1 Å². The van der Waals surface area contributed by atoms with Crippen molar-refractivity contribution < 1.29 is 0 Å². The molecule has 0 radical (unpaired) electrons. The highest BCUT2D eigenvalue weighted by Gasteiger charge is 2.35. The van der Waals surface area contributed by atoms with E-state index in [-0.39, 0.29) is 11.3 Å². The SMILES string of the molecule is CC1(C)CCN(Cc2ccccc2)CC1C#N. The Labute approximate surface area is 104 Å². The lowest BCUT2D eigenvalue weighted by Gasteiger charge is -2.40. The third kappa shape index (κ3) is 2.87. The van der Waals surface area contributed by atoms with Crippen molar-refractivity contribution in [1.82, 2.24) is 4.90 Å². The third-order valence-electron chi connectivity index (χ3n) is 3.86. The summed E-state index contributed by atoms with van der Waals surface area (Å²) in [6, 6.07) is 13.0. The van der Waals surface area contributed by atoms with Gasteiger partial charge < -0.3 is 0 Å². The molecule has 90 valence electrons. The standard InChI is InChI=1S/C15H20N2/c1-15(2)8-9-17(12-14(15)10-16)11-13-6-4-3-5-7-13/h3-7,14H,8-9,11-12H2,1-2H3. The molecule has 1 aliphatic rings. The molecular weight excluding hydrogens is 208 g/mol. The van der Waals surface area contributed by atoms with Gasteiger partial charge in [0.1, 0.15) is 0 Å². The van der Waals surface area contributed by atoms with Crippen molar-refractivity contribution in [3.05, 3.63) is 35.9 Å². The molecule has 2 rings (SSSR count). The lowest BCUT2D eigenvalue weighted by molar-refractivity contribution is 0.0860. The van der Waals surface area contributed by atoms with Crippen LogP contribution >= 0.6 is 0 Å². The Kier molecular flexibility index (Phi) is 3.49. The minimum atomic E-state index is 0.153. The zero-order chi connectivity index (χ0) is 12.3. The van der Waals surface area contributed by atoms with Gasteiger partial charge in [0.05, 0.1) is 12.0 Å². The van der Waals surface area contributed by atoms with Crippen LogP contribution in [0.25, 0.3) is 0 Å². The first-order chi connectivity index (χ1) is 8.12. The first kappa shape index (κ1) is 12.1. The molecule has 1 unspecified atom stereocenters. The Bertz CT molecular complexity index is 403. The van der Waals surface area contributed by atoms with Gasteiger partial charge in [-0.2, -0.15) is 5.26 Å². The average molecular weight is 228 g/mol. The van der Waals surface area contributed by atoms with Crippen molar-refractivity contribution in [3.63, 3.8) is 0 Å². The van der Waals surface area contributed by atoms with Crippen LogP contribution in [0.15, 0.2) is 30.3 Å². The molecule has 1 aromatic rings. The van der Waals surface area contributed by atoms with E-state index in [1.165, 1.54) is 5.56 Å². The molecule has 0 spiro atoms. The fraction of sp³-hybridized carbons (Fsp3) is 0.533. The van der Waals surface area contributed by atoms with Gasteiger partial charge in [-0.05, 0) is 23.9 Å². The Hall–Kier alpha value is -1.33. The number of likely N-dealkylation sites (tertiary alicyclic amines) is 1. The van der Waals surface area contributed by atoms with Gasteiger partial charge in [0, 0.05) is 13.1 Å². The molecule has 0 aromatic heterocycles. The van der Waals surface area contributed by atoms with Crippen molar-refractivity contribution in [2.45, 2.75) is 26.8 Å². The summed E-state index contributed by atoms with van der Waals surface area (Å²) in [5, 5.41) is 9.23. The number of hydrogen-bond donors (Lipinski definition) is 0. The predicted molar refractivity (Wildman–Crippen MR) is 69.2 cm³/mol. The molecule has 0 amide bonds. The second-order valence-electron chi connectivity index (χ2n) is 5.64. The van der Waals surface area contributed by atoms with Crippen LogP contribution in [0.1, 0.15) is 25.8 Å². The largest absolute Gasteiger partial charge is 0.298 e. The van der Waals surface area contributed by atoms with Crippen molar-refractivity contribution in [2.75, 3.05) is 13.1 Å². The van der Waals surface area contributed by atoms with Crippen LogP contribution in [0.4, 0.5) is 0 Å². The van der Waals surface area contributed by atoms with E-state index in [0.29, 0.717) is 0 Å². The molecule has 0 bridgehead atoms. The van der Waals surface area contributed by atoms with Crippen LogP contribution in [-0.2, 0) is 6.54 Å². The van der Waals surface area contributed by atoms with Crippen LogP contribution in [0, 0.1) is 22.7 Å². The van der Waals surface area contributed by atoms with E-state index < -0.39 is 0 Å². The van der Waals surface area contributed by atoms with Crippen molar-refractivity contribution in [1.29, 1.82) is 5.26 Å². The fourth-order valence-electron chi connectivity index (χ4n) is 2.42. The van der Waals surface area contributed by atoms with Crippen molar-refractivity contribution >= 4 is 0 Å². The van der Waals surface area contributed by atoms with Crippen LogP contribution in [0.3, 0.4) is 0 Å². The highest BCUT2D eigenvalue weighted by Crippen LogP contribution is 2.35. The highest BCUT2D eigenvalue weighted by atomic mass is 15.1. The summed E-state index contributed by atoms with van der Waals surface area (Å²) in [5.41, 5.74) is 1.51. The van der Waals surface area contributed by atoms with Gasteiger partial charge in [-0.3, -0.25) is 4.90 Å². The van der Waals surface area contributed by atoms with Gasteiger partial charge in [-0.1, -0.05) is 44.2 Å². The number of nitriles is 1. The Balaban J connectivity index is 1.99. The van der Waals surface area contributed by atoms with Gasteiger partial charge in [0.2, 0.25) is 0 Å². The molecule has 2 nitrogen and oxygen atoms in total. The van der Waals surface area contributed by atoms with E-state index >= 15 is 0 Å². The maximum Gasteiger partial charge on any atom is 0.0674 e. The quantitative estimate of drug-likeness (QED) is 0.778. The Morgan fingerprint density at radius 1 is 1.35 bits per heavy atom. The number of piperidine rings is 1. The van der Waals surface area contributed by atoms with Crippen LogP contribution in [0.5, 0.6) is 0 Å². The van der Waals surface area contributed by atoms with E-state index in [0.717, 1.165) is 26.1 Å². The molecule has 1 aliphatic heterocycles. The minimum Gasteiger partial charge on any atom is -0.298 e. The molecule has 0 saturated carbocycles. The summed E-state index contributed by atoms with van der Waals surface area (Å²) in [6.45, 7) is 7.38. The molecule has 0 N–H and O–H groups in total. The van der Waals surface area contributed by atoms with Crippen LogP contribution in [-0.4, -0.2) is 18.0 Å². The summed E-state index contributed by atoms with van der Waals surface area (Å²) in [5.74, 6) is 0.153. The average Bonchev–Trinajstić information content (AvgIpc) is 2.33. The summed E-state index contributed by atoms with van der Waals surface area (Å²) in [7, 11) is 0. The topological polar surface area (TPSA) is 27.0 Å². The first-order valence-electron chi connectivity index (χ1n) is 6.28. The summed E-state index contributed by atoms with van der Waals surface area (Å²) >= 11 is 0. The van der Waals surface area contributed by atoms with Gasteiger partial charge in [0.25, 0.3) is 0 Å². The van der Waals surface area contributed by atoms with Gasteiger partial charge in [0.15, 0.2) is 0 Å². The second-order valence-corrected chi connectivity index (χ2v) is 5.64. The lowest BCUT2D eigenvalue weighted by Crippen LogP contribution is -2.43. The molecule has 1 aromatic carbocycles. The predicted octanol–water partition coefficient (Wildman–Crippen LogP) is 3.06. The van der Waals surface area contributed by atoms with Gasteiger partial charge in [-0.15, -0.1) is 0 Å². The Morgan fingerprint density at radius 3 is 2.71 bits per heavy atom. The summed E-state index contributed by atoms with van der Waals surface area (Å²) in [4.78, 5) is 2.40. The van der Waals surface area contributed by atoms with E-state index in [4.69, 9.17) is 0 Å². The highest BCUT2D eigenvalue weighted by molar-refractivity contribution is 5.15. The van der Waals surface area contributed by atoms with E-state index in [1.807, 2.05) is 6.07 Å². The maximum atomic E-state index is 9.23.